The molecule has 118 valence electrons. The van der Waals surface area contributed by atoms with Crippen LogP contribution in [0.1, 0.15) is 75.4 Å². The molecule has 0 aromatic carbocycles. The summed E-state index contributed by atoms with van der Waals surface area (Å²) >= 11 is 1.63. The molecule has 2 bridgehead atoms. The van der Waals surface area contributed by atoms with Crippen LogP contribution in [0.25, 0.3) is 0 Å². The molecule has 0 amide bonds. The number of hydrogen-bond donors (Lipinski definition) is 1. The fourth-order valence-electron chi connectivity index (χ4n) is 4.46. The third-order valence-corrected chi connectivity index (χ3v) is 6.33. The largest absolute Gasteiger partial charge is 0.309 e. The molecule has 2 aliphatic rings. The number of hydrogen-bond acceptors (Lipinski definition) is 4. The van der Waals surface area contributed by atoms with Crippen molar-refractivity contribution in [2.24, 2.45) is 17.8 Å². The van der Waals surface area contributed by atoms with Crippen molar-refractivity contribution in [2.75, 3.05) is 6.54 Å². The van der Waals surface area contributed by atoms with Crippen molar-refractivity contribution < 1.29 is 0 Å². The van der Waals surface area contributed by atoms with Crippen LogP contribution in [0.4, 0.5) is 0 Å². The lowest BCUT2D eigenvalue weighted by Gasteiger charge is -2.27. The molecule has 4 heteroatoms. The molecule has 2 saturated carbocycles. The van der Waals surface area contributed by atoms with Crippen LogP contribution in [-0.2, 0) is 6.42 Å². The molecule has 0 aliphatic heterocycles. The maximum Gasteiger partial charge on any atom is 0.0803 e. The molecular formula is C17H29N3S. The van der Waals surface area contributed by atoms with Gasteiger partial charge in [-0.1, -0.05) is 31.2 Å². The Bertz CT molecular complexity index is 445. The minimum absolute atomic E-state index is 0.496. The molecule has 3 nitrogen and oxygen atoms in total. The van der Waals surface area contributed by atoms with Gasteiger partial charge in [0, 0.05) is 6.04 Å². The van der Waals surface area contributed by atoms with E-state index in [4.69, 9.17) is 0 Å². The number of fused-ring (bicyclic) bond motifs is 2. The number of nitrogens with zero attached hydrogens (tertiary/aromatic N) is 2. The summed E-state index contributed by atoms with van der Waals surface area (Å²) in [7, 11) is 0. The minimum atomic E-state index is 0.496. The summed E-state index contributed by atoms with van der Waals surface area (Å²) in [6.45, 7) is 5.59. The molecule has 1 heterocycles. The molecule has 3 rings (SSSR count). The first-order valence-electron chi connectivity index (χ1n) is 8.86. The van der Waals surface area contributed by atoms with Gasteiger partial charge >= 0.3 is 0 Å². The predicted octanol–water partition coefficient (Wildman–Crippen LogP) is 4.36. The van der Waals surface area contributed by atoms with Crippen LogP contribution >= 0.6 is 11.5 Å². The second kappa shape index (κ2) is 7.19. The first-order valence-corrected chi connectivity index (χ1v) is 9.63. The molecule has 4 unspecified atom stereocenters. The highest BCUT2D eigenvalue weighted by Crippen LogP contribution is 2.51. The predicted molar refractivity (Wildman–Crippen MR) is 88.5 cm³/mol. The fraction of sp³-hybridized carbons (Fsp3) is 0.882. The lowest BCUT2D eigenvalue weighted by molar-refractivity contribution is 0.280. The third-order valence-electron chi connectivity index (χ3n) is 5.45. The summed E-state index contributed by atoms with van der Waals surface area (Å²) in [5.74, 6) is 2.99. The lowest BCUT2D eigenvalue weighted by Crippen LogP contribution is -2.26. The second-order valence-electron chi connectivity index (χ2n) is 7.01. The van der Waals surface area contributed by atoms with Crippen LogP contribution in [0, 0.1) is 17.8 Å². The van der Waals surface area contributed by atoms with E-state index in [2.05, 4.69) is 28.8 Å². The summed E-state index contributed by atoms with van der Waals surface area (Å²) in [6.07, 6.45) is 10.7. The monoisotopic (exact) mass is 307 g/mol. The topological polar surface area (TPSA) is 37.8 Å². The van der Waals surface area contributed by atoms with Crippen molar-refractivity contribution in [1.82, 2.24) is 14.9 Å². The second-order valence-corrected chi connectivity index (χ2v) is 7.80. The molecule has 0 radical (unpaired) electrons. The molecule has 0 saturated heterocycles. The Labute approximate surface area is 133 Å². The number of aromatic nitrogens is 2. The Morgan fingerprint density at radius 1 is 1.24 bits per heavy atom. The van der Waals surface area contributed by atoms with Crippen LogP contribution in [0.3, 0.4) is 0 Å². The van der Waals surface area contributed by atoms with E-state index in [-0.39, 0.29) is 0 Å². The van der Waals surface area contributed by atoms with Crippen molar-refractivity contribution in [1.29, 1.82) is 0 Å². The first-order chi connectivity index (χ1) is 10.3. The number of nitrogens with one attached hydrogen (secondary N) is 1. The summed E-state index contributed by atoms with van der Waals surface area (Å²) in [5.41, 5.74) is 1.25. The lowest BCUT2D eigenvalue weighted by atomic mass is 9.83. The minimum Gasteiger partial charge on any atom is -0.309 e. The van der Waals surface area contributed by atoms with Gasteiger partial charge in [0.15, 0.2) is 0 Å². The van der Waals surface area contributed by atoms with Crippen LogP contribution in [0.5, 0.6) is 0 Å². The molecule has 4 atom stereocenters. The van der Waals surface area contributed by atoms with E-state index in [0.29, 0.717) is 6.04 Å². The van der Waals surface area contributed by atoms with E-state index < -0.39 is 0 Å². The Kier molecular flexibility index (Phi) is 5.28. The Morgan fingerprint density at radius 2 is 2.14 bits per heavy atom. The molecule has 1 aromatic rings. The molecule has 1 aromatic heterocycles. The van der Waals surface area contributed by atoms with Gasteiger partial charge in [-0.25, -0.2) is 0 Å². The van der Waals surface area contributed by atoms with Crippen molar-refractivity contribution in [3.05, 3.63) is 10.6 Å². The van der Waals surface area contributed by atoms with Gasteiger partial charge in [0.05, 0.1) is 10.6 Å². The highest BCUT2D eigenvalue weighted by molar-refractivity contribution is 7.05. The van der Waals surface area contributed by atoms with Gasteiger partial charge < -0.3 is 5.32 Å². The van der Waals surface area contributed by atoms with Gasteiger partial charge in [0.25, 0.3) is 0 Å². The first kappa shape index (κ1) is 15.4. The smallest absolute Gasteiger partial charge is 0.0803 e. The highest BCUT2D eigenvalue weighted by atomic mass is 32.1. The molecule has 0 spiro atoms. The Balaban J connectivity index is 1.69. The van der Waals surface area contributed by atoms with E-state index in [1.807, 2.05) is 0 Å². The summed E-state index contributed by atoms with van der Waals surface area (Å²) in [5, 5.41) is 8.17. The van der Waals surface area contributed by atoms with Gasteiger partial charge in [-0.05, 0) is 74.4 Å². The van der Waals surface area contributed by atoms with Crippen molar-refractivity contribution >= 4 is 11.5 Å². The van der Waals surface area contributed by atoms with Gasteiger partial charge in [0.1, 0.15) is 0 Å². The molecular weight excluding hydrogens is 278 g/mol. The van der Waals surface area contributed by atoms with Gasteiger partial charge in [0.2, 0.25) is 0 Å². The zero-order valence-corrected chi connectivity index (χ0v) is 14.3. The van der Waals surface area contributed by atoms with E-state index in [1.54, 1.807) is 11.5 Å². The fourth-order valence-corrected chi connectivity index (χ4v) is 5.24. The van der Waals surface area contributed by atoms with Crippen LogP contribution in [-0.4, -0.2) is 16.1 Å². The molecule has 2 aliphatic carbocycles. The van der Waals surface area contributed by atoms with Gasteiger partial charge in [-0.15, -0.1) is 5.10 Å². The van der Waals surface area contributed by atoms with Crippen LogP contribution in [0.15, 0.2) is 0 Å². The highest BCUT2D eigenvalue weighted by Gasteiger charge is 2.40. The van der Waals surface area contributed by atoms with E-state index in [9.17, 15) is 0 Å². The molecule has 21 heavy (non-hydrogen) atoms. The van der Waals surface area contributed by atoms with Crippen LogP contribution in [0.2, 0.25) is 0 Å². The number of rotatable bonds is 8. The average molecular weight is 308 g/mol. The standard InChI is InChI=1S/C17H29N3S/c1-3-5-15-17(21-20-19-15)16(18-8-4-2)11-14-10-12-6-7-13(14)9-12/h12-14,16,18H,3-11H2,1-2H3. The Morgan fingerprint density at radius 3 is 2.81 bits per heavy atom. The van der Waals surface area contributed by atoms with Crippen molar-refractivity contribution in [2.45, 2.75) is 71.3 Å². The Hall–Kier alpha value is -0.480. The summed E-state index contributed by atoms with van der Waals surface area (Å²) in [6, 6.07) is 0.496. The zero-order chi connectivity index (χ0) is 14.7. The molecule has 1 N–H and O–H groups in total. The van der Waals surface area contributed by atoms with Gasteiger partial charge in [-0.2, -0.15) is 0 Å². The van der Waals surface area contributed by atoms with Crippen molar-refractivity contribution in [3.8, 4) is 0 Å². The van der Waals surface area contributed by atoms with Gasteiger partial charge in [-0.3, -0.25) is 0 Å². The average Bonchev–Trinajstić information content (AvgIpc) is 3.20. The van der Waals surface area contributed by atoms with E-state index in [0.717, 1.165) is 37.1 Å². The maximum absolute atomic E-state index is 4.39. The van der Waals surface area contributed by atoms with Crippen LogP contribution < -0.4 is 5.32 Å². The summed E-state index contributed by atoms with van der Waals surface area (Å²) < 4.78 is 4.24. The van der Waals surface area contributed by atoms with Crippen molar-refractivity contribution in [3.63, 3.8) is 0 Å². The SMILES string of the molecule is CCCNC(CC1CC2CCC1C2)c1snnc1CCC. The third kappa shape index (κ3) is 3.48. The normalized spacial score (nSPS) is 29.1. The van der Waals surface area contributed by atoms with E-state index in [1.165, 1.54) is 49.1 Å². The maximum atomic E-state index is 4.39. The quantitative estimate of drug-likeness (QED) is 0.775. The zero-order valence-electron chi connectivity index (χ0n) is 13.5. The molecule has 2 fully saturated rings. The number of aryl methyl sites for hydroxylation is 1. The van der Waals surface area contributed by atoms with E-state index >= 15 is 0 Å². The summed E-state index contributed by atoms with van der Waals surface area (Å²) in [4.78, 5) is 1.42.